The molecule has 18 heavy (non-hydrogen) atoms. The maximum Gasteiger partial charge on any atom is 0.0990 e. The van der Waals surface area contributed by atoms with Gasteiger partial charge in [0.05, 0.1) is 31.0 Å². The van der Waals surface area contributed by atoms with E-state index in [9.17, 15) is 0 Å². The average Bonchev–Trinajstić information content (AvgIpc) is 2.27. The summed E-state index contributed by atoms with van der Waals surface area (Å²) in [4.78, 5) is 0. The van der Waals surface area contributed by atoms with Gasteiger partial charge in [-0.25, -0.2) is 0 Å². The molecule has 0 bridgehead atoms. The SMILES string of the molecule is CCNC1CC(OCCOC(C)(C)C)C1OCC. The molecule has 108 valence electrons. The molecule has 1 saturated carbocycles. The standard InChI is InChI=1S/C14H29NO3/c1-6-15-11-10-12(13(11)16-7-2)17-8-9-18-14(3,4)5/h11-13,15H,6-10H2,1-5H3. The Balaban J connectivity index is 2.18. The molecule has 0 spiro atoms. The summed E-state index contributed by atoms with van der Waals surface area (Å²) in [5.41, 5.74) is -0.0887. The van der Waals surface area contributed by atoms with Gasteiger partial charge in [-0.3, -0.25) is 0 Å². The van der Waals surface area contributed by atoms with Gasteiger partial charge in [-0.1, -0.05) is 6.92 Å². The van der Waals surface area contributed by atoms with Crippen molar-refractivity contribution in [1.29, 1.82) is 0 Å². The number of rotatable bonds is 8. The van der Waals surface area contributed by atoms with Gasteiger partial charge in [-0.2, -0.15) is 0 Å². The Morgan fingerprint density at radius 2 is 1.83 bits per heavy atom. The van der Waals surface area contributed by atoms with Crippen LogP contribution in [0.3, 0.4) is 0 Å². The fourth-order valence-corrected chi connectivity index (χ4v) is 2.17. The molecular weight excluding hydrogens is 230 g/mol. The van der Waals surface area contributed by atoms with E-state index in [0.29, 0.717) is 19.3 Å². The van der Waals surface area contributed by atoms with Crippen LogP contribution in [0.1, 0.15) is 41.0 Å². The van der Waals surface area contributed by atoms with Crippen molar-refractivity contribution in [2.45, 2.75) is 64.9 Å². The Labute approximate surface area is 111 Å². The molecule has 0 radical (unpaired) electrons. The van der Waals surface area contributed by atoms with E-state index in [1.54, 1.807) is 0 Å². The van der Waals surface area contributed by atoms with Gasteiger partial charge in [-0.15, -0.1) is 0 Å². The lowest BCUT2D eigenvalue weighted by molar-refractivity contribution is -0.155. The predicted molar refractivity (Wildman–Crippen MR) is 72.9 cm³/mol. The van der Waals surface area contributed by atoms with Gasteiger partial charge in [0.25, 0.3) is 0 Å². The van der Waals surface area contributed by atoms with Crippen LogP contribution in [-0.4, -0.2) is 50.2 Å². The van der Waals surface area contributed by atoms with Gasteiger partial charge < -0.3 is 19.5 Å². The number of hydrogen-bond acceptors (Lipinski definition) is 4. The zero-order valence-corrected chi connectivity index (χ0v) is 12.5. The molecule has 0 heterocycles. The lowest BCUT2D eigenvalue weighted by Crippen LogP contribution is -2.60. The molecule has 0 aromatic heterocycles. The molecule has 1 aliphatic carbocycles. The third kappa shape index (κ3) is 5.22. The molecule has 1 rings (SSSR count). The second-order valence-electron chi connectivity index (χ2n) is 5.69. The van der Waals surface area contributed by atoms with Gasteiger partial charge >= 0.3 is 0 Å². The predicted octanol–water partition coefficient (Wildman–Crippen LogP) is 1.97. The largest absolute Gasteiger partial charge is 0.374 e. The van der Waals surface area contributed by atoms with Crippen molar-refractivity contribution in [2.75, 3.05) is 26.4 Å². The topological polar surface area (TPSA) is 39.7 Å². The summed E-state index contributed by atoms with van der Waals surface area (Å²) in [6, 6.07) is 0.448. The second kappa shape index (κ2) is 7.43. The third-order valence-electron chi connectivity index (χ3n) is 3.03. The molecule has 0 aromatic carbocycles. The molecule has 1 fully saturated rings. The van der Waals surface area contributed by atoms with Crippen LogP contribution in [0.2, 0.25) is 0 Å². The van der Waals surface area contributed by atoms with Crippen LogP contribution in [0.15, 0.2) is 0 Å². The summed E-state index contributed by atoms with van der Waals surface area (Å²) >= 11 is 0. The highest BCUT2D eigenvalue weighted by atomic mass is 16.6. The van der Waals surface area contributed by atoms with E-state index in [0.717, 1.165) is 19.6 Å². The van der Waals surface area contributed by atoms with Crippen LogP contribution < -0.4 is 5.32 Å². The molecule has 0 saturated heterocycles. The number of hydrogen-bond donors (Lipinski definition) is 1. The zero-order valence-electron chi connectivity index (χ0n) is 12.5. The first-order valence-electron chi connectivity index (χ1n) is 7.08. The van der Waals surface area contributed by atoms with Crippen LogP contribution >= 0.6 is 0 Å². The van der Waals surface area contributed by atoms with Gasteiger partial charge in [-0.05, 0) is 40.7 Å². The highest BCUT2D eigenvalue weighted by Gasteiger charge is 2.42. The number of likely N-dealkylation sites (N-methyl/N-ethyl adjacent to an activating group) is 1. The van der Waals surface area contributed by atoms with Crippen molar-refractivity contribution >= 4 is 0 Å². The van der Waals surface area contributed by atoms with E-state index >= 15 is 0 Å². The summed E-state index contributed by atoms with van der Waals surface area (Å²) in [5.74, 6) is 0. The normalized spacial score (nSPS) is 28.2. The van der Waals surface area contributed by atoms with Crippen LogP contribution in [0, 0.1) is 0 Å². The van der Waals surface area contributed by atoms with Gasteiger partial charge in [0.15, 0.2) is 0 Å². The van der Waals surface area contributed by atoms with Crippen molar-refractivity contribution in [3.8, 4) is 0 Å². The van der Waals surface area contributed by atoms with E-state index in [4.69, 9.17) is 14.2 Å². The van der Waals surface area contributed by atoms with Gasteiger partial charge in [0, 0.05) is 12.6 Å². The van der Waals surface area contributed by atoms with Gasteiger partial charge in [0.2, 0.25) is 0 Å². The first kappa shape index (κ1) is 15.9. The minimum Gasteiger partial charge on any atom is -0.374 e. The van der Waals surface area contributed by atoms with Crippen molar-refractivity contribution in [1.82, 2.24) is 5.32 Å². The van der Waals surface area contributed by atoms with E-state index < -0.39 is 0 Å². The van der Waals surface area contributed by atoms with E-state index in [-0.39, 0.29) is 17.8 Å². The van der Waals surface area contributed by atoms with Crippen molar-refractivity contribution in [3.05, 3.63) is 0 Å². The summed E-state index contributed by atoms with van der Waals surface area (Å²) in [6.45, 7) is 13.3. The third-order valence-corrected chi connectivity index (χ3v) is 3.03. The van der Waals surface area contributed by atoms with E-state index in [2.05, 4.69) is 33.0 Å². The van der Waals surface area contributed by atoms with E-state index in [1.165, 1.54) is 0 Å². The Hall–Kier alpha value is -0.160. The molecular formula is C14H29NO3. The molecule has 4 heteroatoms. The first-order valence-corrected chi connectivity index (χ1v) is 7.08. The lowest BCUT2D eigenvalue weighted by atomic mass is 9.85. The molecule has 0 aliphatic heterocycles. The minimum atomic E-state index is -0.0887. The van der Waals surface area contributed by atoms with Crippen molar-refractivity contribution < 1.29 is 14.2 Å². The summed E-state index contributed by atoms with van der Waals surface area (Å²) in [7, 11) is 0. The Morgan fingerprint density at radius 3 is 2.39 bits per heavy atom. The Morgan fingerprint density at radius 1 is 1.11 bits per heavy atom. The molecule has 4 nitrogen and oxygen atoms in total. The number of ether oxygens (including phenoxy) is 3. The Bertz CT molecular complexity index is 228. The maximum absolute atomic E-state index is 5.83. The summed E-state index contributed by atoms with van der Waals surface area (Å²) in [6.07, 6.45) is 1.45. The molecule has 3 atom stereocenters. The van der Waals surface area contributed by atoms with Crippen LogP contribution in [-0.2, 0) is 14.2 Å². The first-order chi connectivity index (χ1) is 8.48. The molecule has 1 aliphatic rings. The summed E-state index contributed by atoms with van der Waals surface area (Å²) in [5, 5.41) is 3.43. The monoisotopic (exact) mass is 259 g/mol. The zero-order chi connectivity index (χ0) is 13.6. The summed E-state index contributed by atoms with van der Waals surface area (Å²) < 4.78 is 17.2. The van der Waals surface area contributed by atoms with Crippen LogP contribution in [0.5, 0.6) is 0 Å². The fourth-order valence-electron chi connectivity index (χ4n) is 2.17. The maximum atomic E-state index is 5.83. The molecule has 1 N–H and O–H groups in total. The Kier molecular flexibility index (Phi) is 6.57. The highest BCUT2D eigenvalue weighted by molar-refractivity contribution is 4.97. The molecule has 3 unspecified atom stereocenters. The smallest absolute Gasteiger partial charge is 0.0990 e. The highest BCUT2D eigenvalue weighted by Crippen LogP contribution is 2.27. The average molecular weight is 259 g/mol. The minimum absolute atomic E-state index is 0.0887. The van der Waals surface area contributed by atoms with Gasteiger partial charge in [0.1, 0.15) is 0 Å². The van der Waals surface area contributed by atoms with Crippen LogP contribution in [0.25, 0.3) is 0 Å². The molecule has 0 aromatic rings. The van der Waals surface area contributed by atoms with E-state index in [1.807, 2.05) is 6.92 Å². The lowest BCUT2D eigenvalue weighted by Gasteiger charge is -2.44. The quantitative estimate of drug-likeness (QED) is 0.677. The molecule has 0 amide bonds. The van der Waals surface area contributed by atoms with Crippen molar-refractivity contribution in [2.24, 2.45) is 0 Å². The fraction of sp³-hybridized carbons (Fsp3) is 1.00. The second-order valence-corrected chi connectivity index (χ2v) is 5.69. The number of nitrogens with one attached hydrogen (secondary N) is 1. The van der Waals surface area contributed by atoms with Crippen molar-refractivity contribution in [3.63, 3.8) is 0 Å². The van der Waals surface area contributed by atoms with Crippen LogP contribution in [0.4, 0.5) is 0 Å².